The minimum absolute atomic E-state index is 0.00469. The molecule has 0 bridgehead atoms. The van der Waals surface area contributed by atoms with E-state index in [9.17, 15) is 9.90 Å². The number of nitrogens with zero attached hydrogens (tertiary/aromatic N) is 1. The van der Waals surface area contributed by atoms with Crippen LogP contribution in [0.25, 0.3) is 0 Å². The molecule has 0 heterocycles. The smallest absolute Gasteiger partial charge is 0.271 e. The number of phenolic OH excluding ortho intramolecular Hbond substituents is 1. The van der Waals surface area contributed by atoms with Crippen LogP contribution in [0.5, 0.6) is 17.2 Å². The maximum atomic E-state index is 12.0. The van der Waals surface area contributed by atoms with Crippen molar-refractivity contribution in [2.75, 3.05) is 14.2 Å². The Balaban J connectivity index is 2.09. The molecule has 2 aromatic rings. The van der Waals surface area contributed by atoms with E-state index in [1.54, 1.807) is 36.4 Å². The molecule has 0 aliphatic carbocycles. The number of benzene rings is 2. The predicted molar refractivity (Wildman–Crippen MR) is 90.4 cm³/mol. The third kappa shape index (κ3) is 4.23. The number of hydrogen-bond acceptors (Lipinski definition) is 5. The van der Waals surface area contributed by atoms with Crippen LogP contribution in [-0.4, -0.2) is 31.4 Å². The van der Waals surface area contributed by atoms with E-state index in [4.69, 9.17) is 9.47 Å². The van der Waals surface area contributed by atoms with Crippen molar-refractivity contribution in [3.05, 3.63) is 52.0 Å². The van der Waals surface area contributed by atoms with E-state index < -0.39 is 0 Å². The first-order chi connectivity index (χ1) is 11.0. The van der Waals surface area contributed by atoms with Gasteiger partial charge in [-0.15, -0.1) is 0 Å². The zero-order chi connectivity index (χ0) is 16.8. The monoisotopic (exact) mass is 378 g/mol. The molecule has 2 N–H and O–H groups in total. The molecule has 0 aliphatic heterocycles. The zero-order valence-corrected chi connectivity index (χ0v) is 14.1. The van der Waals surface area contributed by atoms with Gasteiger partial charge in [-0.3, -0.25) is 4.79 Å². The molecule has 0 aromatic heterocycles. The lowest BCUT2D eigenvalue weighted by atomic mass is 10.2. The number of nitrogens with one attached hydrogen (secondary N) is 1. The summed E-state index contributed by atoms with van der Waals surface area (Å²) < 4.78 is 10.6. The molecule has 6 nitrogen and oxygen atoms in total. The number of carbonyl (C=O) groups is 1. The van der Waals surface area contributed by atoms with E-state index in [1.807, 2.05) is 0 Å². The van der Waals surface area contributed by atoms with Crippen molar-refractivity contribution in [2.45, 2.75) is 0 Å². The van der Waals surface area contributed by atoms with Crippen LogP contribution in [0.3, 0.4) is 0 Å². The number of ether oxygens (including phenoxy) is 2. The molecule has 120 valence electrons. The lowest BCUT2D eigenvalue weighted by molar-refractivity contribution is 0.0955. The Bertz CT molecular complexity index is 747. The van der Waals surface area contributed by atoms with E-state index in [1.165, 1.54) is 20.4 Å². The molecule has 0 aliphatic rings. The molecule has 0 unspecified atom stereocenters. The molecular formula is C16H15BrN2O4. The number of hydrazone groups is 1. The Morgan fingerprint density at radius 3 is 2.74 bits per heavy atom. The molecular weight excluding hydrogens is 364 g/mol. The summed E-state index contributed by atoms with van der Waals surface area (Å²) >= 11 is 3.22. The van der Waals surface area contributed by atoms with E-state index in [2.05, 4.69) is 26.5 Å². The minimum atomic E-state index is -0.357. The molecule has 2 aromatic carbocycles. The third-order valence-electron chi connectivity index (χ3n) is 2.98. The van der Waals surface area contributed by atoms with Crippen LogP contribution in [-0.2, 0) is 0 Å². The van der Waals surface area contributed by atoms with Crippen molar-refractivity contribution in [1.82, 2.24) is 5.43 Å². The summed E-state index contributed by atoms with van der Waals surface area (Å²) in [6, 6.07) is 10.00. The first kappa shape index (κ1) is 16.8. The topological polar surface area (TPSA) is 80.2 Å². The average Bonchev–Trinajstić information content (AvgIpc) is 2.57. The number of carbonyl (C=O) groups excluding carboxylic acids is 1. The van der Waals surface area contributed by atoms with Gasteiger partial charge in [-0.2, -0.15) is 5.10 Å². The van der Waals surface area contributed by atoms with Crippen molar-refractivity contribution < 1.29 is 19.4 Å². The van der Waals surface area contributed by atoms with Gasteiger partial charge in [0.25, 0.3) is 5.91 Å². The molecule has 0 saturated heterocycles. The van der Waals surface area contributed by atoms with Crippen molar-refractivity contribution in [3.63, 3.8) is 0 Å². The van der Waals surface area contributed by atoms with Crippen LogP contribution in [0, 0.1) is 0 Å². The maximum absolute atomic E-state index is 12.0. The number of phenols is 1. The SMILES string of the molecule is COc1cccc(C(=O)N/N=C\c2cc(Br)c(O)c(OC)c2)c1. The van der Waals surface area contributed by atoms with Crippen molar-refractivity contribution in [2.24, 2.45) is 5.10 Å². The predicted octanol–water partition coefficient (Wildman–Crippen LogP) is 2.94. The van der Waals surface area contributed by atoms with Crippen molar-refractivity contribution in [1.29, 1.82) is 0 Å². The fraction of sp³-hybridized carbons (Fsp3) is 0.125. The van der Waals surface area contributed by atoms with Gasteiger partial charge in [0.2, 0.25) is 0 Å². The largest absolute Gasteiger partial charge is 0.503 e. The summed E-state index contributed by atoms with van der Waals surface area (Å²) in [6.45, 7) is 0. The van der Waals surface area contributed by atoms with Gasteiger partial charge < -0.3 is 14.6 Å². The van der Waals surface area contributed by atoms with Crippen LogP contribution in [0.2, 0.25) is 0 Å². The number of hydrogen-bond donors (Lipinski definition) is 2. The van der Waals surface area contributed by atoms with Crippen molar-refractivity contribution in [3.8, 4) is 17.2 Å². The second-order valence-corrected chi connectivity index (χ2v) is 5.34. The fourth-order valence-electron chi connectivity index (χ4n) is 1.82. The average molecular weight is 379 g/mol. The first-order valence-corrected chi connectivity index (χ1v) is 7.38. The van der Waals surface area contributed by atoms with Gasteiger partial charge in [0, 0.05) is 5.56 Å². The summed E-state index contributed by atoms with van der Waals surface area (Å²) in [6.07, 6.45) is 1.45. The van der Waals surface area contributed by atoms with Crippen LogP contribution >= 0.6 is 15.9 Å². The summed E-state index contributed by atoms with van der Waals surface area (Å²) in [4.78, 5) is 12.0. The van der Waals surface area contributed by atoms with Gasteiger partial charge in [-0.05, 0) is 51.8 Å². The molecule has 0 fully saturated rings. The van der Waals surface area contributed by atoms with Crippen LogP contribution < -0.4 is 14.9 Å². The van der Waals surface area contributed by atoms with Gasteiger partial charge in [-0.1, -0.05) is 6.07 Å². The Labute approximate surface area is 141 Å². The van der Waals surface area contributed by atoms with E-state index in [0.717, 1.165) is 0 Å². The van der Waals surface area contributed by atoms with Crippen molar-refractivity contribution >= 4 is 28.1 Å². The van der Waals surface area contributed by atoms with E-state index >= 15 is 0 Å². The zero-order valence-electron chi connectivity index (χ0n) is 12.5. The molecule has 1 amide bonds. The summed E-state index contributed by atoms with van der Waals surface area (Å²) in [5.41, 5.74) is 3.51. The normalized spacial score (nSPS) is 10.6. The highest BCUT2D eigenvalue weighted by molar-refractivity contribution is 9.10. The highest BCUT2D eigenvalue weighted by Gasteiger charge is 2.08. The highest BCUT2D eigenvalue weighted by atomic mass is 79.9. The van der Waals surface area contributed by atoms with Gasteiger partial charge >= 0.3 is 0 Å². The second-order valence-electron chi connectivity index (χ2n) is 4.48. The lowest BCUT2D eigenvalue weighted by Gasteiger charge is -2.06. The summed E-state index contributed by atoms with van der Waals surface area (Å²) in [5.74, 6) is 0.545. The number of amides is 1. The van der Waals surface area contributed by atoms with Crippen LogP contribution in [0.1, 0.15) is 15.9 Å². The van der Waals surface area contributed by atoms with Gasteiger partial charge in [0.1, 0.15) is 5.75 Å². The number of aromatic hydroxyl groups is 1. The Morgan fingerprint density at radius 2 is 2.04 bits per heavy atom. The maximum Gasteiger partial charge on any atom is 0.271 e. The van der Waals surface area contributed by atoms with Gasteiger partial charge in [-0.25, -0.2) is 5.43 Å². The van der Waals surface area contributed by atoms with E-state index in [-0.39, 0.29) is 11.7 Å². The Kier molecular flexibility index (Phi) is 5.59. The first-order valence-electron chi connectivity index (χ1n) is 6.59. The van der Waals surface area contributed by atoms with Crippen LogP contribution in [0.15, 0.2) is 46.0 Å². The molecule has 0 atom stereocenters. The molecule has 23 heavy (non-hydrogen) atoms. The van der Waals surface area contributed by atoms with Gasteiger partial charge in [0.15, 0.2) is 11.5 Å². The number of methoxy groups -OCH3 is 2. The fourth-order valence-corrected chi connectivity index (χ4v) is 2.28. The molecule has 0 saturated carbocycles. The molecule has 7 heteroatoms. The number of halogens is 1. The highest BCUT2D eigenvalue weighted by Crippen LogP contribution is 2.34. The quantitative estimate of drug-likeness (QED) is 0.619. The Hall–Kier alpha value is -2.54. The van der Waals surface area contributed by atoms with Crippen LogP contribution in [0.4, 0.5) is 0 Å². The third-order valence-corrected chi connectivity index (χ3v) is 3.59. The summed E-state index contributed by atoms with van der Waals surface area (Å²) in [5, 5.41) is 13.6. The molecule has 0 radical (unpaired) electrons. The second kappa shape index (κ2) is 7.64. The molecule has 0 spiro atoms. The Morgan fingerprint density at radius 1 is 1.26 bits per heavy atom. The number of rotatable bonds is 5. The lowest BCUT2D eigenvalue weighted by Crippen LogP contribution is -2.17. The standard InChI is InChI=1S/C16H15BrN2O4/c1-22-12-5-3-4-11(8-12)16(21)19-18-9-10-6-13(17)15(20)14(7-10)23-2/h3-9,20H,1-2H3,(H,19,21)/b18-9-. The van der Waals surface area contributed by atoms with E-state index in [0.29, 0.717) is 27.1 Å². The minimum Gasteiger partial charge on any atom is -0.503 e. The summed E-state index contributed by atoms with van der Waals surface area (Å²) in [7, 11) is 2.98. The van der Waals surface area contributed by atoms with Gasteiger partial charge in [0.05, 0.1) is 24.9 Å². The molecule has 2 rings (SSSR count).